The van der Waals surface area contributed by atoms with Crippen molar-refractivity contribution in [3.8, 4) is 5.88 Å². The van der Waals surface area contributed by atoms with E-state index in [0.29, 0.717) is 48.5 Å². The van der Waals surface area contributed by atoms with Gasteiger partial charge in [-0.15, -0.1) is 0 Å². The molecule has 2 aliphatic heterocycles. The number of pyridine rings is 1. The molecule has 8 nitrogen and oxygen atoms in total. The first-order chi connectivity index (χ1) is 16.9. The lowest BCUT2D eigenvalue weighted by molar-refractivity contribution is -0.143. The van der Waals surface area contributed by atoms with E-state index in [4.69, 9.17) is 21.1 Å². The maximum Gasteiger partial charge on any atom is 0.257 e. The van der Waals surface area contributed by atoms with Crippen LogP contribution in [0, 0.1) is 12.8 Å². The Kier molecular flexibility index (Phi) is 8.26. The van der Waals surface area contributed by atoms with Gasteiger partial charge in [0, 0.05) is 74.3 Å². The summed E-state index contributed by atoms with van der Waals surface area (Å²) < 4.78 is 10.5. The van der Waals surface area contributed by atoms with Crippen molar-refractivity contribution < 1.29 is 19.1 Å². The number of benzene rings is 1. The Morgan fingerprint density at radius 2 is 2.00 bits per heavy atom. The predicted molar refractivity (Wildman–Crippen MR) is 135 cm³/mol. The highest BCUT2D eigenvalue weighted by Gasteiger charge is 2.32. The molecule has 1 atom stereocenters. The zero-order valence-electron chi connectivity index (χ0n) is 20.6. The van der Waals surface area contributed by atoms with Crippen molar-refractivity contribution in [2.24, 2.45) is 5.92 Å². The van der Waals surface area contributed by atoms with Gasteiger partial charge in [-0.25, -0.2) is 4.98 Å². The van der Waals surface area contributed by atoms with Gasteiger partial charge in [-0.1, -0.05) is 11.6 Å². The molecule has 9 heteroatoms. The summed E-state index contributed by atoms with van der Waals surface area (Å²) in [5.41, 5.74) is 3.13. The maximum atomic E-state index is 13.0. The third-order valence-electron chi connectivity index (χ3n) is 6.90. The van der Waals surface area contributed by atoms with Crippen LogP contribution >= 0.6 is 11.6 Å². The van der Waals surface area contributed by atoms with Crippen LogP contribution in [0.15, 0.2) is 30.5 Å². The minimum absolute atomic E-state index is 0.0833. The van der Waals surface area contributed by atoms with E-state index in [1.54, 1.807) is 18.2 Å². The number of amides is 2. The molecule has 0 saturated carbocycles. The first kappa shape index (κ1) is 25.4. The smallest absolute Gasteiger partial charge is 0.257 e. The van der Waals surface area contributed by atoms with Crippen LogP contribution in [0.2, 0.25) is 5.02 Å². The van der Waals surface area contributed by atoms with E-state index in [1.807, 2.05) is 17.9 Å². The summed E-state index contributed by atoms with van der Waals surface area (Å²) in [4.78, 5) is 34.2. The Hall–Kier alpha value is -2.68. The second-order valence-electron chi connectivity index (χ2n) is 9.28. The third kappa shape index (κ3) is 6.12. The van der Waals surface area contributed by atoms with Crippen molar-refractivity contribution in [2.45, 2.75) is 39.3 Å². The highest BCUT2D eigenvalue weighted by molar-refractivity contribution is 6.31. The lowest BCUT2D eigenvalue weighted by atomic mass is 9.97. The van der Waals surface area contributed by atoms with Crippen molar-refractivity contribution >= 4 is 29.1 Å². The molecule has 1 unspecified atom stereocenters. The molecule has 3 heterocycles. The van der Waals surface area contributed by atoms with Crippen LogP contribution in [-0.4, -0.2) is 72.6 Å². The monoisotopic (exact) mass is 500 g/mol. The van der Waals surface area contributed by atoms with Crippen LogP contribution in [0.4, 0.5) is 5.69 Å². The van der Waals surface area contributed by atoms with Gasteiger partial charge in [0.15, 0.2) is 0 Å². The molecule has 1 aromatic carbocycles. The normalized spacial score (nSPS) is 19.4. The van der Waals surface area contributed by atoms with Crippen LogP contribution in [0.25, 0.3) is 0 Å². The molecule has 2 aromatic rings. The Balaban J connectivity index is 1.40. The van der Waals surface area contributed by atoms with Crippen LogP contribution in [-0.2, 0) is 16.1 Å². The van der Waals surface area contributed by atoms with E-state index in [-0.39, 0.29) is 23.8 Å². The first-order valence-electron chi connectivity index (χ1n) is 12.1. The summed E-state index contributed by atoms with van der Waals surface area (Å²) in [6, 6.07) is 7.18. The molecule has 0 radical (unpaired) electrons. The van der Waals surface area contributed by atoms with Crippen molar-refractivity contribution in [2.75, 3.05) is 45.3 Å². The molecule has 2 aliphatic rings. The molecule has 188 valence electrons. The van der Waals surface area contributed by atoms with Gasteiger partial charge < -0.3 is 19.7 Å². The second kappa shape index (κ2) is 11.4. The molecule has 0 spiro atoms. The topological polar surface area (TPSA) is 84.0 Å². The van der Waals surface area contributed by atoms with Crippen LogP contribution in [0.3, 0.4) is 0 Å². The number of hydrogen-bond donors (Lipinski definition) is 1. The van der Waals surface area contributed by atoms with Gasteiger partial charge in [-0.2, -0.15) is 0 Å². The minimum Gasteiger partial charge on any atom is -0.481 e. The summed E-state index contributed by atoms with van der Waals surface area (Å²) in [5.74, 6) is 0.536. The number of hydrogen-bond acceptors (Lipinski definition) is 6. The van der Waals surface area contributed by atoms with Crippen molar-refractivity contribution in [3.63, 3.8) is 0 Å². The number of carbonyl (C=O) groups is 2. The van der Waals surface area contributed by atoms with E-state index >= 15 is 0 Å². The summed E-state index contributed by atoms with van der Waals surface area (Å²) in [6.45, 7) is 8.45. The summed E-state index contributed by atoms with van der Waals surface area (Å²) in [7, 11) is 1.53. The van der Waals surface area contributed by atoms with Crippen LogP contribution in [0.5, 0.6) is 5.88 Å². The number of ether oxygens (including phenoxy) is 2. The third-order valence-corrected chi connectivity index (χ3v) is 7.11. The molecule has 0 aliphatic carbocycles. The van der Waals surface area contributed by atoms with Gasteiger partial charge in [0.2, 0.25) is 11.8 Å². The SMILES string of the molecule is COc1ccc(C(=O)Nc2cc(Cl)cc(CN3CCN(C(=O)C4CCOCC4)C(C)C3)c2C)cn1. The largest absolute Gasteiger partial charge is 0.481 e. The van der Waals surface area contributed by atoms with Gasteiger partial charge in [0.1, 0.15) is 0 Å². The summed E-state index contributed by atoms with van der Waals surface area (Å²) in [5, 5.41) is 3.53. The molecule has 1 N–H and O–H groups in total. The van der Waals surface area contributed by atoms with E-state index in [0.717, 1.165) is 37.1 Å². The van der Waals surface area contributed by atoms with Gasteiger partial charge in [-0.3, -0.25) is 14.5 Å². The number of methoxy groups -OCH3 is 1. The Bertz CT molecular complexity index is 1060. The second-order valence-corrected chi connectivity index (χ2v) is 9.72. The average molecular weight is 501 g/mol. The number of anilines is 1. The number of aromatic nitrogens is 1. The Morgan fingerprint density at radius 3 is 2.66 bits per heavy atom. The molecule has 1 aromatic heterocycles. The fourth-order valence-corrected chi connectivity index (χ4v) is 5.02. The first-order valence-corrected chi connectivity index (χ1v) is 12.4. The quantitative estimate of drug-likeness (QED) is 0.650. The molecule has 2 amide bonds. The van der Waals surface area contributed by atoms with Crippen LogP contribution < -0.4 is 10.1 Å². The number of carbonyl (C=O) groups excluding carboxylic acids is 2. The molecule has 2 fully saturated rings. The van der Waals surface area contributed by atoms with E-state index in [1.165, 1.54) is 13.3 Å². The number of rotatable bonds is 6. The lowest BCUT2D eigenvalue weighted by Crippen LogP contribution is -2.55. The van der Waals surface area contributed by atoms with Crippen molar-refractivity contribution in [3.05, 3.63) is 52.2 Å². The molecular formula is C26H33ClN4O4. The highest BCUT2D eigenvalue weighted by Crippen LogP contribution is 2.28. The molecule has 0 bridgehead atoms. The highest BCUT2D eigenvalue weighted by atomic mass is 35.5. The van der Waals surface area contributed by atoms with E-state index in [2.05, 4.69) is 22.1 Å². The van der Waals surface area contributed by atoms with Crippen molar-refractivity contribution in [1.82, 2.24) is 14.8 Å². The molecular weight excluding hydrogens is 468 g/mol. The number of nitrogens with one attached hydrogen (secondary N) is 1. The zero-order chi connectivity index (χ0) is 24.9. The summed E-state index contributed by atoms with van der Waals surface area (Å²) >= 11 is 6.43. The van der Waals surface area contributed by atoms with E-state index in [9.17, 15) is 9.59 Å². The van der Waals surface area contributed by atoms with Crippen LogP contribution in [0.1, 0.15) is 41.3 Å². The number of nitrogens with zero attached hydrogens (tertiary/aromatic N) is 3. The van der Waals surface area contributed by atoms with Gasteiger partial charge in [-0.05, 0) is 56.0 Å². The molecule has 4 rings (SSSR count). The number of halogens is 1. The summed E-state index contributed by atoms with van der Waals surface area (Å²) in [6.07, 6.45) is 3.11. The lowest BCUT2D eigenvalue weighted by Gasteiger charge is -2.42. The van der Waals surface area contributed by atoms with Gasteiger partial charge in [0.25, 0.3) is 5.91 Å². The van der Waals surface area contributed by atoms with Crippen molar-refractivity contribution in [1.29, 1.82) is 0 Å². The average Bonchev–Trinajstić information content (AvgIpc) is 2.87. The minimum atomic E-state index is -0.259. The van der Waals surface area contributed by atoms with Gasteiger partial charge in [0.05, 0.1) is 12.7 Å². The standard InChI is InChI=1S/C26H33ClN4O4/c1-17-15-30(8-9-31(17)26(33)19-6-10-35-11-7-19)16-21-12-22(27)13-23(18(21)2)29-25(32)20-4-5-24(34-3)28-14-20/h4-5,12-14,17,19H,6-11,15-16H2,1-3H3,(H,29,32). The predicted octanol–water partition coefficient (Wildman–Crippen LogP) is 3.76. The Morgan fingerprint density at radius 1 is 1.23 bits per heavy atom. The molecule has 2 saturated heterocycles. The van der Waals surface area contributed by atoms with Gasteiger partial charge >= 0.3 is 0 Å². The molecule has 35 heavy (non-hydrogen) atoms. The zero-order valence-corrected chi connectivity index (χ0v) is 21.3. The Labute approximate surface area is 211 Å². The number of piperazine rings is 1. The van der Waals surface area contributed by atoms with E-state index < -0.39 is 0 Å². The fraction of sp³-hybridized carbons (Fsp3) is 0.500. The fourth-order valence-electron chi connectivity index (χ4n) is 4.78. The maximum absolute atomic E-state index is 13.0.